The van der Waals surface area contributed by atoms with Crippen LogP contribution in [0.15, 0.2) is 24.3 Å². The number of hydrogen-bond acceptors (Lipinski definition) is 2. The van der Waals surface area contributed by atoms with Gasteiger partial charge in [-0.3, -0.25) is 0 Å². The Labute approximate surface area is 143 Å². The van der Waals surface area contributed by atoms with Crippen molar-refractivity contribution in [1.29, 1.82) is 0 Å². The summed E-state index contributed by atoms with van der Waals surface area (Å²) >= 11 is 2.36. The normalized spacial score (nSPS) is 30.5. The maximum Gasteiger partial charge on any atom is 0.0597 e. The topological polar surface area (TPSA) is 21.3 Å². The van der Waals surface area contributed by atoms with Crippen LogP contribution in [-0.2, 0) is 11.2 Å². The average Bonchev–Trinajstić information content (AvgIpc) is 2.71. The summed E-state index contributed by atoms with van der Waals surface area (Å²) in [4.78, 5) is 0. The second kappa shape index (κ2) is 7.93. The number of rotatable bonds is 6. The Morgan fingerprint density at radius 1 is 1.14 bits per heavy atom. The van der Waals surface area contributed by atoms with Crippen molar-refractivity contribution in [2.45, 2.75) is 58.8 Å². The van der Waals surface area contributed by atoms with Crippen molar-refractivity contribution in [2.75, 3.05) is 6.54 Å². The van der Waals surface area contributed by atoms with E-state index in [2.05, 4.69) is 79.9 Å². The molecule has 5 unspecified atom stereocenters. The smallest absolute Gasteiger partial charge is 0.0597 e. The molecule has 1 aromatic carbocycles. The van der Waals surface area contributed by atoms with Gasteiger partial charge in [0.1, 0.15) is 0 Å². The van der Waals surface area contributed by atoms with E-state index >= 15 is 0 Å². The van der Waals surface area contributed by atoms with Crippen molar-refractivity contribution >= 4 is 22.6 Å². The fraction of sp³-hybridized carbons (Fsp3) is 0.667. The van der Waals surface area contributed by atoms with Gasteiger partial charge in [-0.15, -0.1) is 0 Å². The fourth-order valence-corrected chi connectivity index (χ4v) is 3.90. The van der Waals surface area contributed by atoms with Crippen molar-refractivity contribution in [3.63, 3.8) is 0 Å². The fourth-order valence-electron chi connectivity index (χ4n) is 3.54. The molecule has 1 aliphatic rings. The van der Waals surface area contributed by atoms with Crippen LogP contribution in [0.5, 0.6) is 0 Å². The molecule has 1 saturated heterocycles. The summed E-state index contributed by atoms with van der Waals surface area (Å²) in [7, 11) is 0. The molecule has 1 aromatic rings. The Kier molecular flexibility index (Phi) is 6.51. The van der Waals surface area contributed by atoms with Gasteiger partial charge in [0.2, 0.25) is 0 Å². The number of benzene rings is 1. The zero-order valence-electron chi connectivity index (χ0n) is 13.6. The molecule has 1 heterocycles. The highest BCUT2D eigenvalue weighted by molar-refractivity contribution is 14.1. The third-order valence-corrected chi connectivity index (χ3v) is 5.53. The van der Waals surface area contributed by atoms with Gasteiger partial charge in [0.15, 0.2) is 0 Å². The lowest BCUT2D eigenvalue weighted by molar-refractivity contribution is 0.0476. The second-order valence-corrected chi connectivity index (χ2v) is 7.62. The Balaban J connectivity index is 2.12. The molecular formula is C18H28INO. The molecule has 2 rings (SSSR count). The zero-order chi connectivity index (χ0) is 15.4. The van der Waals surface area contributed by atoms with E-state index in [0.717, 1.165) is 13.0 Å². The van der Waals surface area contributed by atoms with Crippen LogP contribution in [0.1, 0.15) is 39.7 Å². The first-order valence-corrected chi connectivity index (χ1v) is 9.24. The molecule has 0 bridgehead atoms. The molecule has 0 aliphatic carbocycles. The summed E-state index contributed by atoms with van der Waals surface area (Å²) in [5.41, 5.74) is 1.42. The van der Waals surface area contributed by atoms with Crippen LogP contribution >= 0.6 is 22.6 Å². The second-order valence-electron chi connectivity index (χ2n) is 6.37. The molecule has 0 aromatic heterocycles. The molecule has 2 nitrogen and oxygen atoms in total. The minimum absolute atomic E-state index is 0.341. The summed E-state index contributed by atoms with van der Waals surface area (Å²) in [5.74, 6) is 1.20. The summed E-state index contributed by atoms with van der Waals surface area (Å²) in [6.45, 7) is 10.1. The van der Waals surface area contributed by atoms with Crippen molar-refractivity contribution in [1.82, 2.24) is 5.32 Å². The van der Waals surface area contributed by atoms with E-state index in [-0.39, 0.29) is 0 Å². The maximum atomic E-state index is 6.06. The van der Waals surface area contributed by atoms with Gasteiger partial charge in [0.25, 0.3) is 0 Å². The lowest BCUT2D eigenvalue weighted by atomic mass is 9.81. The molecule has 0 radical (unpaired) electrons. The first-order chi connectivity index (χ1) is 10.0. The van der Waals surface area contributed by atoms with Gasteiger partial charge in [-0.05, 0) is 79.4 Å². The van der Waals surface area contributed by atoms with Crippen molar-refractivity contribution in [3.8, 4) is 0 Å². The van der Waals surface area contributed by atoms with Crippen molar-refractivity contribution in [2.24, 2.45) is 11.8 Å². The molecular weight excluding hydrogens is 373 g/mol. The SMILES string of the molecule is CCCNC(Cc1ccc(I)cc1)C1C(C)OC(C)C1C. The van der Waals surface area contributed by atoms with E-state index in [1.165, 1.54) is 15.6 Å². The maximum absolute atomic E-state index is 6.06. The number of nitrogens with one attached hydrogen (secondary N) is 1. The Morgan fingerprint density at radius 3 is 2.33 bits per heavy atom. The van der Waals surface area contributed by atoms with Gasteiger partial charge < -0.3 is 10.1 Å². The quantitative estimate of drug-likeness (QED) is 0.720. The van der Waals surface area contributed by atoms with Gasteiger partial charge in [0, 0.05) is 15.5 Å². The molecule has 5 atom stereocenters. The minimum atomic E-state index is 0.341. The van der Waals surface area contributed by atoms with Crippen LogP contribution in [0.25, 0.3) is 0 Å². The van der Waals surface area contributed by atoms with E-state index in [1.807, 2.05) is 0 Å². The third kappa shape index (κ3) is 4.42. The first-order valence-electron chi connectivity index (χ1n) is 8.16. The highest BCUT2D eigenvalue weighted by Gasteiger charge is 2.41. The Hall–Kier alpha value is -0.130. The first kappa shape index (κ1) is 17.2. The highest BCUT2D eigenvalue weighted by atomic mass is 127. The van der Waals surface area contributed by atoms with E-state index < -0.39 is 0 Å². The molecule has 21 heavy (non-hydrogen) atoms. The van der Waals surface area contributed by atoms with E-state index in [1.54, 1.807) is 0 Å². The molecule has 1 fully saturated rings. The number of hydrogen-bond donors (Lipinski definition) is 1. The van der Waals surface area contributed by atoms with Gasteiger partial charge in [0.05, 0.1) is 12.2 Å². The molecule has 118 valence electrons. The Morgan fingerprint density at radius 2 is 1.81 bits per heavy atom. The minimum Gasteiger partial charge on any atom is -0.375 e. The number of halogens is 1. The molecule has 1 aliphatic heterocycles. The monoisotopic (exact) mass is 401 g/mol. The predicted octanol–water partition coefficient (Wildman–Crippen LogP) is 4.26. The lowest BCUT2D eigenvalue weighted by Crippen LogP contribution is -2.43. The van der Waals surface area contributed by atoms with Crippen LogP contribution < -0.4 is 5.32 Å². The zero-order valence-corrected chi connectivity index (χ0v) is 15.8. The average molecular weight is 401 g/mol. The standard InChI is InChI=1S/C18H28INO/c1-5-10-20-17(11-15-6-8-16(19)9-7-15)18-12(2)13(3)21-14(18)4/h6-9,12-14,17-18,20H,5,10-11H2,1-4H3. The lowest BCUT2D eigenvalue weighted by Gasteiger charge is -2.30. The van der Waals surface area contributed by atoms with E-state index in [4.69, 9.17) is 4.74 Å². The molecule has 0 amide bonds. The van der Waals surface area contributed by atoms with Gasteiger partial charge in [-0.25, -0.2) is 0 Å². The van der Waals surface area contributed by atoms with Crippen LogP contribution in [0, 0.1) is 15.4 Å². The van der Waals surface area contributed by atoms with Crippen LogP contribution in [0.4, 0.5) is 0 Å². The summed E-state index contributed by atoms with van der Waals surface area (Å²) in [6.07, 6.45) is 2.97. The third-order valence-electron chi connectivity index (χ3n) is 4.81. The largest absolute Gasteiger partial charge is 0.375 e. The van der Waals surface area contributed by atoms with Crippen molar-refractivity contribution < 1.29 is 4.74 Å². The molecule has 1 N–H and O–H groups in total. The predicted molar refractivity (Wildman–Crippen MR) is 97.6 cm³/mol. The van der Waals surface area contributed by atoms with E-state index in [0.29, 0.717) is 30.1 Å². The Bertz CT molecular complexity index is 433. The number of ether oxygens (including phenoxy) is 1. The van der Waals surface area contributed by atoms with Gasteiger partial charge in [-0.1, -0.05) is 26.0 Å². The molecule has 0 spiro atoms. The van der Waals surface area contributed by atoms with Crippen LogP contribution in [-0.4, -0.2) is 24.8 Å². The highest BCUT2D eigenvalue weighted by Crippen LogP contribution is 2.35. The van der Waals surface area contributed by atoms with Gasteiger partial charge >= 0.3 is 0 Å². The van der Waals surface area contributed by atoms with Crippen molar-refractivity contribution in [3.05, 3.63) is 33.4 Å². The van der Waals surface area contributed by atoms with Crippen LogP contribution in [0.3, 0.4) is 0 Å². The summed E-state index contributed by atoms with van der Waals surface area (Å²) in [6, 6.07) is 9.43. The molecule has 3 heteroatoms. The van der Waals surface area contributed by atoms with E-state index in [9.17, 15) is 0 Å². The summed E-state index contributed by atoms with van der Waals surface area (Å²) < 4.78 is 7.36. The van der Waals surface area contributed by atoms with Crippen LogP contribution in [0.2, 0.25) is 0 Å². The molecule has 0 saturated carbocycles. The van der Waals surface area contributed by atoms with Gasteiger partial charge in [-0.2, -0.15) is 0 Å². The summed E-state index contributed by atoms with van der Waals surface area (Å²) in [5, 5.41) is 3.77.